The lowest BCUT2D eigenvalue weighted by atomic mass is 9.79. The molecule has 4 rings (SSSR count). The van der Waals surface area contributed by atoms with Crippen molar-refractivity contribution in [1.82, 2.24) is 0 Å². The summed E-state index contributed by atoms with van der Waals surface area (Å²) in [5.74, 6) is -2.18. The van der Waals surface area contributed by atoms with Gasteiger partial charge in [0.25, 0.3) is 5.91 Å². The molecule has 0 radical (unpaired) electrons. The van der Waals surface area contributed by atoms with Crippen LogP contribution in [0.3, 0.4) is 0 Å². The Morgan fingerprint density at radius 1 is 0.857 bits per heavy atom. The fourth-order valence-electron chi connectivity index (χ4n) is 3.69. The van der Waals surface area contributed by atoms with Gasteiger partial charge < -0.3 is 5.11 Å². The summed E-state index contributed by atoms with van der Waals surface area (Å²) in [6.07, 6.45) is 0. The summed E-state index contributed by atoms with van der Waals surface area (Å²) in [4.78, 5) is 27.2. The fourth-order valence-corrected chi connectivity index (χ4v) is 3.94. The van der Waals surface area contributed by atoms with E-state index in [-0.39, 0.29) is 5.91 Å². The molecule has 0 fully saturated rings. The van der Waals surface area contributed by atoms with Crippen LogP contribution in [0.2, 0.25) is 10.0 Å². The van der Waals surface area contributed by atoms with Crippen LogP contribution >= 0.6 is 23.2 Å². The van der Waals surface area contributed by atoms with Crippen molar-refractivity contribution >= 4 is 40.8 Å². The maximum atomic E-state index is 13.4. The molecule has 2 unspecified atom stereocenters. The molecule has 1 heterocycles. The van der Waals surface area contributed by atoms with Crippen LogP contribution in [-0.4, -0.2) is 17.0 Å². The summed E-state index contributed by atoms with van der Waals surface area (Å²) in [7, 11) is 0. The zero-order valence-corrected chi connectivity index (χ0v) is 16.1. The van der Waals surface area contributed by atoms with E-state index in [4.69, 9.17) is 23.2 Å². The summed E-state index contributed by atoms with van der Waals surface area (Å²) >= 11 is 12.0. The van der Waals surface area contributed by atoms with Gasteiger partial charge in [0.1, 0.15) is 5.92 Å². The Morgan fingerprint density at radius 2 is 1.43 bits per heavy atom. The van der Waals surface area contributed by atoms with Gasteiger partial charge in [0.2, 0.25) is 0 Å². The molecule has 0 saturated carbocycles. The number of halogens is 2. The monoisotopic (exact) mass is 411 g/mol. The maximum absolute atomic E-state index is 13.4. The Balaban J connectivity index is 1.97. The molecule has 1 aliphatic heterocycles. The summed E-state index contributed by atoms with van der Waals surface area (Å²) in [5.41, 5.74) is 2.16. The molecule has 3 aromatic rings. The number of rotatable bonds is 3. The molecule has 4 nitrogen and oxygen atoms in total. The maximum Gasteiger partial charge on any atom is 0.313 e. The van der Waals surface area contributed by atoms with E-state index in [9.17, 15) is 14.7 Å². The van der Waals surface area contributed by atoms with Crippen LogP contribution in [0.15, 0.2) is 72.8 Å². The van der Waals surface area contributed by atoms with Gasteiger partial charge in [0.15, 0.2) is 0 Å². The minimum atomic E-state index is -1.00. The van der Waals surface area contributed by atoms with Crippen LogP contribution < -0.4 is 4.90 Å². The topological polar surface area (TPSA) is 57.6 Å². The minimum Gasteiger partial charge on any atom is -0.481 e. The van der Waals surface area contributed by atoms with Crippen molar-refractivity contribution in [3.8, 4) is 0 Å². The number of carboxylic acid groups (broad SMARTS) is 1. The van der Waals surface area contributed by atoms with Crippen molar-refractivity contribution in [2.24, 2.45) is 0 Å². The number of carboxylic acids is 1. The Kier molecular flexibility index (Phi) is 4.84. The highest BCUT2D eigenvalue weighted by atomic mass is 35.5. The highest BCUT2D eigenvalue weighted by Gasteiger charge is 2.44. The van der Waals surface area contributed by atoms with Crippen LogP contribution in [0.5, 0.6) is 0 Å². The quantitative estimate of drug-likeness (QED) is 0.613. The molecule has 0 bridgehead atoms. The van der Waals surface area contributed by atoms with E-state index in [2.05, 4.69) is 0 Å². The van der Waals surface area contributed by atoms with Crippen molar-refractivity contribution in [1.29, 1.82) is 0 Å². The highest BCUT2D eigenvalue weighted by Crippen LogP contribution is 2.45. The van der Waals surface area contributed by atoms with Crippen molar-refractivity contribution in [2.75, 3.05) is 4.90 Å². The second-order valence-electron chi connectivity index (χ2n) is 6.55. The molecule has 0 saturated heterocycles. The molecule has 3 aromatic carbocycles. The third-order valence-electron chi connectivity index (χ3n) is 4.92. The summed E-state index contributed by atoms with van der Waals surface area (Å²) in [6.45, 7) is 0. The molecule has 140 valence electrons. The van der Waals surface area contributed by atoms with Crippen molar-refractivity contribution in [3.05, 3.63) is 99.5 Å². The molecule has 2 atom stereocenters. The average Bonchev–Trinajstić information content (AvgIpc) is 2.69. The molecule has 6 heteroatoms. The Bertz CT molecular complexity index is 1050. The number of carbonyl (C=O) groups excluding carboxylic acids is 1. The molecular formula is C22H15Cl2NO3. The Hall–Kier alpha value is -2.82. The number of carbonyl (C=O) groups is 2. The summed E-state index contributed by atoms with van der Waals surface area (Å²) in [6, 6.07) is 19.8. The predicted molar refractivity (Wildman–Crippen MR) is 109 cm³/mol. The molecule has 1 amide bonds. The zero-order chi connectivity index (χ0) is 19.8. The van der Waals surface area contributed by atoms with E-state index in [0.29, 0.717) is 32.4 Å². The second kappa shape index (κ2) is 7.30. The second-order valence-corrected chi connectivity index (χ2v) is 7.42. The first-order chi connectivity index (χ1) is 13.5. The normalized spacial score (nSPS) is 18.6. The number of amides is 1. The van der Waals surface area contributed by atoms with E-state index in [1.807, 2.05) is 0 Å². The molecule has 28 heavy (non-hydrogen) atoms. The Labute approximate surface area is 171 Å². The third kappa shape index (κ3) is 3.15. The van der Waals surface area contributed by atoms with E-state index in [1.54, 1.807) is 72.8 Å². The first-order valence-electron chi connectivity index (χ1n) is 8.63. The number of nitrogens with zero attached hydrogens (tertiary/aromatic N) is 1. The smallest absolute Gasteiger partial charge is 0.313 e. The number of hydrogen-bond acceptors (Lipinski definition) is 2. The largest absolute Gasteiger partial charge is 0.481 e. The van der Waals surface area contributed by atoms with Crippen LogP contribution in [0.4, 0.5) is 5.69 Å². The van der Waals surface area contributed by atoms with Gasteiger partial charge >= 0.3 is 5.97 Å². The molecule has 0 spiro atoms. The van der Waals surface area contributed by atoms with Crippen LogP contribution in [0.1, 0.15) is 33.4 Å². The fraction of sp³-hybridized carbons (Fsp3) is 0.0909. The lowest BCUT2D eigenvalue weighted by Crippen LogP contribution is -2.45. The van der Waals surface area contributed by atoms with Gasteiger partial charge in [-0.1, -0.05) is 53.5 Å². The minimum absolute atomic E-state index is 0.254. The van der Waals surface area contributed by atoms with Crippen molar-refractivity contribution in [2.45, 2.75) is 12.0 Å². The number of anilines is 1. The van der Waals surface area contributed by atoms with Crippen LogP contribution in [0, 0.1) is 0 Å². The molecule has 1 aliphatic rings. The average molecular weight is 412 g/mol. The van der Waals surface area contributed by atoms with E-state index >= 15 is 0 Å². The summed E-state index contributed by atoms with van der Waals surface area (Å²) in [5, 5.41) is 11.2. The lowest BCUT2D eigenvalue weighted by Gasteiger charge is -2.40. The lowest BCUT2D eigenvalue weighted by molar-refractivity contribution is -0.139. The third-order valence-corrected chi connectivity index (χ3v) is 5.43. The van der Waals surface area contributed by atoms with Crippen LogP contribution in [-0.2, 0) is 4.79 Å². The van der Waals surface area contributed by atoms with E-state index in [0.717, 1.165) is 0 Å². The van der Waals surface area contributed by atoms with Crippen molar-refractivity contribution in [3.63, 3.8) is 0 Å². The van der Waals surface area contributed by atoms with Gasteiger partial charge in [0.05, 0.1) is 6.04 Å². The van der Waals surface area contributed by atoms with Gasteiger partial charge in [-0.15, -0.1) is 0 Å². The standard InChI is InChI=1S/C22H15Cl2NO3/c23-14-7-5-13(6-8-14)20-19(22(27)28)17-3-1-2-4-18(17)21(26)25(20)16-11-9-15(24)10-12-16/h1-12,19-20H,(H,27,28). The van der Waals surface area contributed by atoms with Gasteiger partial charge in [-0.25, -0.2) is 0 Å². The number of fused-ring (bicyclic) bond motifs is 1. The highest BCUT2D eigenvalue weighted by molar-refractivity contribution is 6.31. The SMILES string of the molecule is O=C(O)C1c2ccccc2C(=O)N(c2ccc(Cl)cc2)C1c1ccc(Cl)cc1. The van der Waals surface area contributed by atoms with Gasteiger partial charge in [-0.2, -0.15) is 0 Å². The first kappa shape index (κ1) is 18.5. The van der Waals surface area contributed by atoms with Crippen LogP contribution in [0.25, 0.3) is 0 Å². The molecular weight excluding hydrogens is 397 g/mol. The van der Waals surface area contributed by atoms with Gasteiger partial charge in [-0.05, 0) is 53.6 Å². The predicted octanol–water partition coefficient (Wildman–Crippen LogP) is 5.56. The van der Waals surface area contributed by atoms with E-state index < -0.39 is 17.9 Å². The number of benzene rings is 3. The van der Waals surface area contributed by atoms with E-state index in [1.165, 1.54) is 4.90 Å². The first-order valence-corrected chi connectivity index (χ1v) is 9.39. The summed E-state index contributed by atoms with van der Waals surface area (Å²) < 4.78 is 0. The van der Waals surface area contributed by atoms with Gasteiger partial charge in [-0.3, -0.25) is 14.5 Å². The number of aliphatic carboxylic acids is 1. The van der Waals surface area contributed by atoms with Gasteiger partial charge in [0, 0.05) is 21.3 Å². The zero-order valence-electron chi connectivity index (χ0n) is 14.5. The number of hydrogen-bond donors (Lipinski definition) is 1. The molecule has 1 N–H and O–H groups in total. The molecule has 0 aliphatic carbocycles. The molecule has 0 aromatic heterocycles. The van der Waals surface area contributed by atoms with Crippen molar-refractivity contribution < 1.29 is 14.7 Å². The Morgan fingerprint density at radius 3 is 2.04 bits per heavy atom.